The smallest absolute Gasteiger partial charge is 0.240 e. The first kappa shape index (κ1) is 22.5. The van der Waals surface area contributed by atoms with Gasteiger partial charge in [-0.25, -0.2) is 0 Å². The summed E-state index contributed by atoms with van der Waals surface area (Å²) in [6, 6.07) is 35.2. The molecule has 2 unspecified atom stereocenters. The summed E-state index contributed by atoms with van der Waals surface area (Å²) in [5.74, 6) is -0.591. The molecule has 1 heterocycles. The monoisotopic (exact) mass is 461 g/mol. The number of carbonyl (C=O) groups is 2. The largest absolute Gasteiger partial charge is 0.347 e. The summed E-state index contributed by atoms with van der Waals surface area (Å²) in [4.78, 5) is 30.5. The Balaban J connectivity index is 1.28. The Kier molecular flexibility index (Phi) is 6.40. The van der Waals surface area contributed by atoms with Crippen molar-refractivity contribution in [2.75, 3.05) is 6.54 Å². The molecule has 174 valence electrons. The minimum absolute atomic E-state index is 0.0921. The summed E-state index contributed by atoms with van der Waals surface area (Å²) in [6.45, 7) is -0.0921. The topological polar surface area (TPSA) is 71.1 Å². The third kappa shape index (κ3) is 4.71. The average molecular weight is 462 g/mol. The van der Waals surface area contributed by atoms with E-state index in [1.807, 2.05) is 84.9 Å². The summed E-state index contributed by atoms with van der Waals surface area (Å²) < 4.78 is 0. The van der Waals surface area contributed by atoms with Crippen LogP contribution >= 0.6 is 0 Å². The second-order valence-electron chi connectivity index (χ2n) is 8.84. The summed E-state index contributed by atoms with van der Waals surface area (Å²) in [5, 5.41) is 5.91. The summed E-state index contributed by atoms with van der Waals surface area (Å²) in [7, 11) is 0. The maximum absolute atomic E-state index is 13.2. The molecule has 1 fully saturated rings. The van der Waals surface area contributed by atoms with Crippen LogP contribution in [0.25, 0.3) is 0 Å². The highest BCUT2D eigenvalue weighted by atomic mass is 16.2. The zero-order valence-electron chi connectivity index (χ0n) is 19.3. The minimum Gasteiger partial charge on any atom is -0.347 e. The van der Waals surface area contributed by atoms with Gasteiger partial charge in [0.1, 0.15) is 0 Å². The maximum Gasteiger partial charge on any atom is 0.240 e. The van der Waals surface area contributed by atoms with Crippen molar-refractivity contribution in [2.24, 2.45) is 5.92 Å². The van der Waals surface area contributed by atoms with Crippen LogP contribution in [0.5, 0.6) is 0 Å². The van der Waals surface area contributed by atoms with Crippen molar-refractivity contribution in [3.05, 3.63) is 138 Å². The maximum atomic E-state index is 13.2. The number of aromatic nitrogens is 1. The number of carbonyl (C=O) groups excluding carboxylic acids is 2. The molecule has 1 aliphatic rings. The van der Waals surface area contributed by atoms with Gasteiger partial charge in [0.25, 0.3) is 0 Å². The highest BCUT2D eigenvalue weighted by Crippen LogP contribution is 2.58. The van der Waals surface area contributed by atoms with Crippen LogP contribution in [-0.4, -0.2) is 23.3 Å². The van der Waals surface area contributed by atoms with E-state index in [1.165, 1.54) is 0 Å². The van der Waals surface area contributed by atoms with Gasteiger partial charge in [0.2, 0.25) is 11.8 Å². The van der Waals surface area contributed by atoms with Gasteiger partial charge in [-0.3, -0.25) is 14.6 Å². The molecule has 1 saturated carbocycles. The lowest BCUT2D eigenvalue weighted by molar-refractivity contribution is -0.127. The van der Waals surface area contributed by atoms with Crippen LogP contribution in [0.15, 0.2) is 115 Å². The van der Waals surface area contributed by atoms with E-state index in [4.69, 9.17) is 0 Å². The van der Waals surface area contributed by atoms with Gasteiger partial charge in [-0.1, -0.05) is 97.1 Å². The quantitative estimate of drug-likeness (QED) is 0.408. The number of nitrogens with one attached hydrogen (secondary N) is 2. The van der Waals surface area contributed by atoms with Crippen molar-refractivity contribution >= 4 is 11.8 Å². The molecule has 0 saturated heterocycles. The van der Waals surface area contributed by atoms with Crippen molar-refractivity contribution in [2.45, 2.75) is 17.9 Å². The van der Waals surface area contributed by atoms with Crippen molar-refractivity contribution in [1.29, 1.82) is 0 Å². The van der Waals surface area contributed by atoms with Gasteiger partial charge in [0.05, 0.1) is 24.2 Å². The summed E-state index contributed by atoms with van der Waals surface area (Å²) >= 11 is 0. The summed E-state index contributed by atoms with van der Waals surface area (Å²) in [6.07, 6.45) is 2.42. The normalized spacial score (nSPS) is 16.6. The van der Waals surface area contributed by atoms with E-state index in [-0.39, 0.29) is 29.7 Å². The van der Waals surface area contributed by atoms with E-state index in [1.54, 1.807) is 6.20 Å². The molecule has 35 heavy (non-hydrogen) atoms. The molecule has 5 heteroatoms. The van der Waals surface area contributed by atoms with Crippen molar-refractivity contribution in [3.63, 3.8) is 0 Å². The molecule has 0 radical (unpaired) electrons. The molecule has 2 N–H and O–H groups in total. The van der Waals surface area contributed by atoms with Crippen LogP contribution in [0, 0.1) is 5.92 Å². The number of amides is 2. The molecule has 3 aromatic carbocycles. The minimum atomic E-state index is -0.393. The Morgan fingerprint density at radius 1 is 0.800 bits per heavy atom. The van der Waals surface area contributed by atoms with Gasteiger partial charge < -0.3 is 10.6 Å². The number of benzene rings is 3. The SMILES string of the molecule is O=C(CNC(=O)C1CC1(c1ccccc1)c1ccccc1)NC(c1ccccc1)c1ccccn1. The lowest BCUT2D eigenvalue weighted by Gasteiger charge is -2.20. The molecule has 0 aliphatic heterocycles. The Bertz CT molecular complexity index is 1200. The number of hydrogen-bond acceptors (Lipinski definition) is 3. The molecular formula is C30H27N3O2. The Morgan fingerprint density at radius 2 is 1.37 bits per heavy atom. The lowest BCUT2D eigenvalue weighted by atomic mass is 9.85. The molecule has 1 aromatic heterocycles. The van der Waals surface area contributed by atoms with E-state index >= 15 is 0 Å². The van der Waals surface area contributed by atoms with E-state index in [2.05, 4.69) is 39.9 Å². The summed E-state index contributed by atoms with van der Waals surface area (Å²) in [5.41, 5.74) is 3.56. The van der Waals surface area contributed by atoms with E-state index in [0.717, 1.165) is 28.8 Å². The van der Waals surface area contributed by atoms with Gasteiger partial charge >= 0.3 is 0 Å². The lowest BCUT2D eigenvalue weighted by Crippen LogP contribution is -2.40. The molecule has 4 aromatic rings. The molecule has 2 atom stereocenters. The predicted octanol–water partition coefficient (Wildman–Crippen LogP) is 4.41. The van der Waals surface area contributed by atoms with E-state index in [0.29, 0.717) is 0 Å². The first-order valence-electron chi connectivity index (χ1n) is 11.8. The van der Waals surface area contributed by atoms with E-state index in [9.17, 15) is 9.59 Å². The molecule has 5 nitrogen and oxygen atoms in total. The van der Waals surface area contributed by atoms with Crippen molar-refractivity contribution < 1.29 is 9.59 Å². The van der Waals surface area contributed by atoms with Crippen LogP contribution < -0.4 is 10.6 Å². The van der Waals surface area contributed by atoms with Gasteiger partial charge in [-0.2, -0.15) is 0 Å². The second-order valence-corrected chi connectivity index (χ2v) is 8.84. The fraction of sp³-hybridized carbons (Fsp3) is 0.167. The zero-order chi connectivity index (χ0) is 24.1. The molecule has 0 bridgehead atoms. The number of rotatable bonds is 8. The molecule has 5 rings (SSSR count). The van der Waals surface area contributed by atoms with Crippen LogP contribution in [0.1, 0.15) is 34.8 Å². The van der Waals surface area contributed by atoms with Gasteiger partial charge in [0, 0.05) is 11.6 Å². The van der Waals surface area contributed by atoms with Gasteiger partial charge in [-0.15, -0.1) is 0 Å². The third-order valence-corrected chi connectivity index (χ3v) is 6.70. The highest BCUT2D eigenvalue weighted by Gasteiger charge is 2.60. The molecular weight excluding hydrogens is 434 g/mol. The first-order valence-corrected chi connectivity index (χ1v) is 11.8. The number of pyridine rings is 1. The van der Waals surface area contributed by atoms with Crippen LogP contribution in [0.3, 0.4) is 0 Å². The zero-order valence-corrected chi connectivity index (χ0v) is 19.3. The first-order chi connectivity index (χ1) is 17.2. The molecule has 0 spiro atoms. The predicted molar refractivity (Wildman–Crippen MR) is 135 cm³/mol. The van der Waals surface area contributed by atoms with Crippen molar-refractivity contribution in [1.82, 2.24) is 15.6 Å². The molecule has 1 aliphatic carbocycles. The average Bonchev–Trinajstić information content (AvgIpc) is 3.70. The van der Waals surface area contributed by atoms with Gasteiger partial charge in [-0.05, 0) is 35.2 Å². The van der Waals surface area contributed by atoms with Crippen LogP contribution in [0.4, 0.5) is 0 Å². The van der Waals surface area contributed by atoms with E-state index < -0.39 is 6.04 Å². The van der Waals surface area contributed by atoms with Gasteiger partial charge in [0.15, 0.2) is 0 Å². The number of nitrogens with zero attached hydrogens (tertiary/aromatic N) is 1. The fourth-order valence-corrected chi connectivity index (χ4v) is 4.88. The van der Waals surface area contributed by atoms with Crippen LogP contribution in [-0.2, 0) is 15.0 Å². The third-order valence-electron chi connectivity index (χ3n) is 6.70. The highest BCUT2D eigenvalue weighted by molar-refractivity contribution is 5.90. The standard InChI is InChI=1S/C30H27N3O2/c34-27(33-28(22-12-4-1-5-13-22)26-18-10-11-19-31-26)21-32-29(35)25-20-30(25,23-14-6-2-7-15-23)24-16-8-3-9-17-24/h1-19,25,28H,20-21H2,(H,32,35)(H,33,34). The second kappa shape index (κ2) is 9.94. The number of hydrogen-bond donors (Lipinski definition) is 2. The van der Waals surface area contributed by atoms with Crippen molar-refractivity contribution in [3.8, 4) is 0 Å². The Morgan fingerprint density at radius 3 is 1.94 bits per heavy atom. The fourth-order valence-electron chi connectivity index (χ4n) is 4.88. The Hall–Kier alpha value is -4.25. The Labute approximate surface area is 205 Å². The molecule has 2 amide bonds. The van der Waals surface area contributed by atoms with Crippen LogP contribution in [0.2, 0.25) is 0 Å².